The minimum atomic E-state index is -1.14. The molecule has 0 aliphatic rings. The second-order valence-corrected chi connectivity index (χ2v) is 5.80. The molecule has 0 aromatic heterocycles. The molecule has 0 saturated carbocycles. The van der Waals surface area contributed by atoms with Crippen molar-refractivity contribution in [1.82, 2.24) is 5.23 Å². The highest BCUT2D eigenvalue weighted by Gasteiger charge is 2.34. The topological polar surface area (TPSA) is 95.9 Å². The molecule has 0 aliphatic carbocycles. The van der Waals surface area contributed by atoms with Crippen LogP contribution in [0.4, 0.5) is 0 Å². The number of hydrogen-bond acceptors (Lipinski definition) is 5. The summed E-state index contributed by atoms with van der Waals surface area (Å²) in [6.07, 6.45) is -0.848. The van der Waals surface area contributed by atoms with Gasteiger partial charge in [-0.3, -0.25) is 4.79 Å². The molecule has 6 nitrogen and oxygen atoms in total. The van der Waals surface area contributed by atoms with Gasteiger partial charge >= 0.3 is 19.0 Å². The third kappa shape index (κ3) is 7.17. The Morgan fingerprint density at radius 3 is 2.26 bits per heavy atom. The first-order valence-corrected chi connectivity index (χ1v) is 6.41. The van der Waals surface area contributed by atoms with E-state index in [9.17, 15) is 9.59 Å². The molecule has 0 fully saturated rings. The van der Waals surface area contributed by atoms with Gasteiger partial charge < -0.3 is 20.1 Å². The van der Waals surface area contributed by atoms with Crippen LogP contribution in [0.3, 0.4) is 0 Å². The van der Waals surface area contributed by atoms with E-state index >= 15 is 0 Å². The number of carboxylic acids is 1. The fourth-order valence-electron chi connectivity index (χ4n) is 1.39. The smallest absolute Gasteiger partial charge is 0.373 e. The van der Waals surface area contributed by atoms with Gasteiger partial charge in [-0.2, -0.15) is 0 Å². The van der Waals surface area contributed by atoms with Gasteiger partial charge in [-0.1, -0.05) is 13.8 Å². The summed E-state index contributed by atoms with van der Waals surface area (Å²) in [5, 5.41) is 20.9. The molecule has 3 N–H and O–H groups in total. The van der Waals surface area contributed by atoms with E-state index in [1.54, 1.807) is 20.7 Å². The van der Waals surface area contributed by atoms with Gasteiger partial charge in [0, 0.05) is 6.54 Å². The highest BCUT2D eigenvalue weighted by molar-refractivity contribution is 6.45. The van der Waals surface area contributed by atoms with E-state index < -0.39 is 30.5 Å². The number of rotatable bonds is 8. The van der Waals surface area contributed by atoms with Gasteiger partial charge in [0.05, 0.1) is 5.41 Å². The fraction of sp³-hybridized carbons (Fsp3) is 0.833. The predicted molar refractivity (Wildman–Crippen MR) is 72.6 cm³/mol. The molecule has 0 unspecified atom stereocenters. The van der Waals surface area contributed by atoms with Gasteiger partial charge in [0.25, 0.3) is 0 Å². The molecule has 110 valence electrons. The summed E-state index contributed by atoms with van der Waals surface area (Å²) < 4.78 is 5.06. The monoisotopic (exact) mass is 273 g/mol. The van der Waals surface area contributed by atoms with Crippen molar-refractivity contribution in [3.63, 3.8) is 0 Å². The van der Waals surface area contributed by atoms with Crippen molar-refractivity contribution >= 4 is 19.0 Å². The Balaban J connectivity index is 4.57. The Labute approximate surface area is 114 Å². The normalized spacial score (nSPS) is 13.2. The number of carboxylic acid groups (broad SMARTS) is 1. The lowest BCUT2D eigenvalue weighted by Gasteiger charge is -2.26. The number of hydrogen-bond donors (Lipinski definition) is 3. The Morgan fingerprint density at radius 2 is 1.89 bits per heavy atom. The number of nitrogens with one attached hydrogen (secondary N) is 1. The lowest BCUT2D eigenvalue weighted by atomic mass is 9.84. The highest BCUT2D eigenvalue weighted by atomic mass is 16.6. The van der Waals surface area contributed by atoms with E-state index in [1.807, 2.05) is 13.8 Å². The Bertz CT molecular complexity index is 317. The Morgan fingerprint density at radius 1 is 1.37 bits per heavy atom. The number of carbonyl (C=O) groups is 2. The summed E-state index contributed by atoms with van der Waals surface area (Å²) in [6.45, 7) is 8.75. The van der Waals surface area contributed by atoms with Gasteiger partial charge in [0.15, 0.2) is 6.10 Å². The largest absolute Gasteiger partial charge is 0.479 e. The quantitative estimate of drug-likeness (QED) is 0.446. The van der Waals surface area contributed by atoms with Crippen LogP contribution >= 0.6 is 0 Å². The third-order valence-corrected chi connectivity index (χ3v) is 2.60. The van der Waals surface area contributed by atoms with Gasteiger partial charge in [0.2, 0.25) is 0 Å². The second-order valence-electron chi connectivity index (χ2n) is 5.80. The summed E-state index contributed by atoms with van der Waals surface area (Å²) in [7, 11) is -0.738. The average Bonchev–Trinajstić information content (AvgIpc) is 2.24. The molecule has 0 saturated heterocycles. The molecule has 0 aliphatic heterocycles. The molecule has 0 bridgehead atoms. The number of aliphatic carboxylic acids is 1. The Hall–Kier alpha value is -1.08. The molecule has 1 atom stereocenters. The van der Waals surface area contributed by atoms with E-state index in [0.29, 0.717) is 0 Å². The zero-order valence-corrected chi connectivity index (χ0v) is 12.3. The average molecular weight is 273 g/mol. The summed E-state index contributed by atoms with van der Waals surface area (Å²) in [5.74, 6) is -1.61. The van der Waals surface area contributed by atoms with E-state index in [2.05, 4.69) is 5.23 Å². The lowest BCUT2D eigenvalue weighted by molar-refractivity contribution is -0.171. The third-order valence-electron chi connectivity index (χ3n) is 2.60. The van der Waals surface area contributed by atoms with E-state index in [-0.39, 0.29) is 18.9 Å². The molecule has 0 radical (unpaired) electrons. The Kier molecular flexibility index (Phi) is 7.07. The van der Waals surface area contributed by atoms with E-state index in [1.165, 1.54) is 0 Å². The van der Waals surface area contributed by atoms with Crippen LogP contribution in [0.25, 0.3) is 0 Å². The summed E-state index contributed by atoms with van der Waals surface area (Å²) in [6, 6.07) is 0. The van der Waals surface area contributed by atoms with Gasteiger partial charge in [0.1, 0.15) is 0 Å². The highest BCUT2D eigenvalue weighted by Crippen LogP contribution is 2.19. The maximum atomic E-state index is 12.0. The molecule has 0 aromatic rings. The summed E-state index contributed by atoms with van der Waals surface area (Å²) in [4.78, 5) is 23.0. The van der Waals surface area contributed by atoms with E-state index in [0.717, 1.165) is 0 Å². The molecule has 0 heterocycles. The van der Waals surface area contributed by atoms with Gasteiger partial charge in [-0.05, 0) is 33.0 Å². The maximum absolute atomic E-state index is 12.0. The molecule has 7 heteroatoms. The van der Waals surface area contributed by atoms with Crippen LogP contribution in [0.5, 0.6) is 0 Å². The SMILES string of the molecule is CB(O)NCC(C)(C)C(=O)O[C@@H](CC(C)C)C(=O)O. The molecule has 0 rings (SSSR count). The van der Waals surface area contributed by atoms with Crippen LogP contribution in [0, 0.1) is 11.3 Å². The van der Waals surface area contributed by atoms with E-state index in [4.69, 9.17) is 14.9 Å². The first kappa shape index (κ1) is 17.9. The van der Waals surface area contributed by atoms with Crippen molar-refractivity contribution < 1.29 is 24.5 Å². The standard InChI is InChI=1S/C12H24BNO5/c1-8(2)6-9(10(15)16)19-11(17)12(3,4)7-14-13(5)18/h8-9,14,18H,6-7H2,1-5H3,(H,15,16)/t9-/m0/s1. The molecule has 0 amide bonds. The van der Waals surface area contributed by atoms with Gasteiger partial charge in [-0.15, -0.1) is 0 Å². The number of esters is 1. The van der Waals surface area contributed by atoms with Crippen molar-refractivity contribution in [2.75, 3.05) is 6.54 Å². The number of ether oxygens (including phenoxy) is 1. The molecule has 0 aromatic carbocycles. The lowest BCUT2D eigenvalue weighted by Crippen LogP contribution is -2.44. The number of carbonyl (C=O) groups excluding carboxylic acids is 1. The van der Waals surface area contributed by atoms with Crippen LogP contribution in [0.1, 0.15) is 34.1 Å². The summed E-state index contributed by atoms with van der Waals surface area (Å²) in [5.41, 5.74) is -0.901. The minimum absolute atomic E-state index is 0.118. The second kappa shape index (κ2) is 7.50. The molecular formula is C12H24BNO5. The minimum Gasteiger partial charge on any atom is -0.479 e. The first-order valence-electron chi connectivity index (χ1n) is 6.41. The molecule has 19 heavy (non-hydrogen) atoms. The zero-order valence-electron chi connectivity index (χ0n) is 12.3. The van der Waals surface area contributed by atoms with Gasteiger partial charge in [-0.25, -0.2) is 4.79 Å². The fourth-order valence-corrected chi connectivity index (χ4v) is 1.39. The van der Waals surface area contributed by atoms with Crippen LogP contribution in [0.2, 0.25) is 6.82 Å². The summed E-state index contributed by atoms with van der Waals surface area (Å²) >= 11 is 0. The van der Waals surface area contributed by atoms with Crippen molar-refractivity contribution in [1.29, 1.82) is 0 Å². The molecular weight excluding hydrogens is 249 g/mol. The van der Waals surface area contributed by atoms with Crippen LogP contribution < -0.4 is 5.23 Å². The predicted octanol–water partition coefficient (Wildman–Crippen LogP) is 0.755. The van der Waals surface area contributed by atoms with Crippen LogP contribution in [-0.2, 0) is 14.3 Å². The van der Waals surface area contributed by atoms with Crippen molar-refractivity contribution in [3.8, 4) is 0 Å². The van der Waals surface area contributed by atoms with Crippen molar-refractivity contribution in [2.45, 2.75) is 47.0 Å². The maximum Gasteiger partial charge on any atom is 0.373 e. The van der Waals surface area contributed by atoms with Crippen molar-refractivity contribution in [3.05, 3.63) is 0 Å². The van der Waals surface area contributed by atoms with Crippen LogP contribution in [-0.4, -0.2) is 41.8 Å². The first-order chi connectivity index (χ1) is 8.56. The van der Waals surface area contributed by atoms with Crippen LogP contribution in [0.15, 0.2) is 0 Å². The molecule has 0 spiro atoms. The zero-order chi connectivity index (χ0) is 15.2. The van der Waals surface area contributed by atoms with Crippen molar-refractivity contribution in [2.24, 2.45) is 11.3 Å².